The van der Waals surface area contributed by atoms with Crippen LogP contribution in [0.25, 0.3) is 0 Å². The number of nitrogens with zero attached hydrogens (tertiary/aromatic N) is 1. The molecule has 3 N–H and O–H groups in total. The summed E-state index contributed by atoms with van der Waals surface area (Å²) in [6, 6.07) is 5.20. The summed E-state index contributed by atoms with van der Waals surface area (Å²) in [6.45, 7) is 1.52. The zero-order chi connectivity index (χ0) is 14.8. The fourth-order valence-electron chi connectivity index (χ4n) is 1.55. The second kappa shape index (κ2) is 5.33. The van der Waals surface area contributed by atoms with Gasteiger partial charge in [0.1, 0.15) is 11.4 Å². The molecule has 0 aliphatic rings. The van der Waals surface area contributed by atoms with E-state index in [4.69, 9.17) is 0 Å². The van der Waals surface area contributed by atoms with Gasteiger partial charge in [0.15, 0.2) is 9.84 Å². The highest BCUT2D eigenvalue weighted by Crippen LogP contribution is 2.27. The average Bonchev–Trinajstić information content (AvgIpc) is 2.95. The van der Waals surface area contributed by atoms with Gasteiger partial charge in [-0.05, 0) is 24.3 Å². The lowest BCUT2D eigenvalue weighted by Crippen LogP contribution is -2.13. The quantitative estimate of drug-likeness (QED) is 0.733. The number of amides is 1. The van der Waals surface area contributed by atoms with Crippen LogP contribution in [0.15, 0.2) is 35.4 Å². The number of aromatic hydroxyl groups is 1. The summed E-state index contributed by atoms with van der Waals surface area (Å²) >= 11 is 0. The minimum Gasteiger partial charge on any atom is -0.506 e. The Hall–Kier alpha value is -2.35. The van der Waals surface area contributed by atoms with Gasteiger partial charge in [-0.25, -0.2) is 8.42 Å². The molecule has 0 unspecified atom stereocenters. The van der Waals surface area contributed by atoms with E-state index in [9.17, 15) is 18.3 Å². The van der Waals surface area contributed by atoms with Crippen LogP contribution >= 0.6 is 0 Å². The highest BCUT2D eigenvalue weighted by Gasteiger charge is 2.16. The molecule has 2 rings (SSSR count). The lowest BCUT2D eigenvalue weighted by molar-refractivity contribution is 0.102. The number of carbonyl (C=O) groups is 1. The van der Waals surface area contributed by atoms with Gasteiger partial charge in [-0.3, -0.25) is 9.89 Å². The van der Waals surface area contributed by atoms with E-state index in [1.54, 1.807) is 0 Å². The topological polar surface area (TPSA) is 112 Å². The second-order valence-electron chi connectivity index (χ2n) is 4.01. The molecule has 0 bridgehead atoms. The van der Waals surface area contributed by atoms with Crippen LogP contribution in [-0.4, -0.2) is 35.4 Å². The second-order valence-corrected chi connectivity index (χ2v) is 6.29. The molecule has 0 aliphatic carbocycles. The molecule has 20 heavy (non-hydrogen) atoms. The van der Waals surface area contributed by atoms with Crippen LogP contribution in [0.3, 0.4) is 0 Å². The van der Waals surface area contributed by atoms with Crippen LogP contribution in [0, 0.1) is 0 Å². The molecule has 0 aliphatic heterocycles. The number of phenolic OH excluding ortho intramolecular Hbond substituents is 1. The number of hydrogen-bond donors (Lipinski definition) is 3. The average molecular weight is 295 g/mol. The number of nitrogens with one attached hydrogen (secondary N) is 2. The Balaban J connectivity index is 2.33. The number of carbonyl (C=O) groups excluding carboxylic acids is 1. The van der Waals surface area contributed by atoms with Crippen LogP contribution in [0.4, 0.5) is 5.69 Å². The molecular weight excluding hydrogens is 282 g/mol. The standard InChI is InChI=1S/C12H13N3O4S/c1-2-20(18,19)8-3-4-11(16)10(7-8)14-12(17)9-5-6-13-15-9/h3-7,16H,2H2,1H3,(H,13,15)(H,14,17). The summed E-state index contributed by atoms with van der Waals surface area (Å²) in [7, 11) is -3.41. The van der Waals surface area contributed by atoms with Crippen LogP contribution in [0.1, 0.15) is 17.4 Å². The van der Waals surface area contributed by atoms with Crippen molar-refractivity contribution in [2.24, 2.45) is 0 Å². The van der Waals surface area contributed by atoms with Crippen LogP contribution in [0.2, 0.25) is 0 Å². The van der Waals surface area contributed by atoms with Gasteiger partial charge in [0.2, 0.25) is 0 Å². The van der Waals surface area contributed by atoms with E-state index in [2.05, 4.69) is 15.5 Å². The number of benzene rings is 1. The van der Waals surface area contributed by atoms with Gasteiger partial charge >= 0.3 is 0 Å². The van der Waals surface area contributed by atoms with Gasteiger partial charge in [0, 0.05) is 6.20 Å². The van der Waals surface area contributed by atoms with E-state index in [1.807, 2.05) is 0 Å². The normalized spacial score (nSPS) is 11.2. The summed E-state index contributed by atoms with van der Waals surface area (Å²) in [6.07, 6.45) is 1.41. The minimum atomic E-state index is -3.41. The summed E-state index contributed by atoms with van der Waals surface area (Å²) in [5.74, 6) is -0.803. The maximum atomic E-state index is 11.8. The van der Waals surface area contributed by atoms with E-state index in [0.29, 0.717) is 0 Å². The van der Waals surface area contributed by atoms with E-state index in [0.717, 1.165) is 0 Å². The Labute approximate surface area is 115 Å². The van der Waals surface area contributed by atoms with Gasteiger partial charge in [-0.2, -0.15) is 5.10 Å². The minimum absolute atomic E-state index is 0.0270. The molecule has 1 heterocycles. The molecule has 1 amide bonds. The molecule has 0 atom stereocenters. The fraction of sp³-hybridized carbons (Fsp3) is 0.167. The lowest BCUT2D eigenvalue weighted by atomic mass is 10.3. The largest absolute Gasteiger partial charge is 0.506 e. The third-order valence-corrected chi connectivity index (χ3v) is 4.43. The van der Waals surface area contributed by atoms with Crippen molar-refractivity contribution >= 4 is 21.4 Å². The Morgan fingerprint density at radius 3 is 2.75 bits per heavy atom. The van der Waals surface area contributed by atoms with E-state index in [-0.39, 0.29) is 27.8 Å². The first-order valence-electron chi connectivity index (χ1n) is 5.80. The van der Waals surface area contributed by atoms with Crippen molar-refractivity contribution in [2.75, 3.05) is 11.1 Å². The van der Waals surface area contributed by atoms with Crippen molar-refractivity contribution < 1.29 is 18.3 Å². The molecule has 0 saturated heterocycles. The molecule has 106 valence electrons. The van der Waals surface area contributed by atoms with Crippen molar-refractivity contribution in [3.05, 3.63) is 36.2 Å². The van der Waals surface area contributed by atoms with Crippen molar-refractivity contribution in [1.82, 2.24) is 10.2 Å². The van der Waals surface area contributed by atoms with E-state index < -0.39 is 15.7 Å². The molecular formula is C12H13N3O4S. The van der Waals surface area contributed by atoms with Crippen molar-refractivity contribution in [1.29, 1.82) is 0 Å². The summed E-state index contributed by atoms with van der Waals surface area (Å²) < 4.78 is 23.5. The number of sulfone groups is 1. The smallest absolute Gasteiger partial charge is 0.273 e. The van der Waals surface area contributed by atoms with E-state index >= 15 is 0 Å². The molecule has 0 saturated carbocycles. The first-order valence-corrected chi connectivity index (χ1v) is 7.46. The molecule has 0 radical (unpaired) electrons. The molecule has 2 aromatic rings. The monoisotopic (exact) mass is 295 g/mol. The lowest BCUT2D eigenvalue weighted by Gasteiger charge is -2.08. The Kier molecular flexibility index (Phi) is 3.75. The molecule has 7 nitrogen and oxygen atoms in total. The van der Waals surface area contributed by atoms with Crippen LogP contribution in [-0.2, 0) is 9.84 Å². The van der Waals surface area contributed by atoms with Crippen molar-refractivity contribution in [2.45, 2.75) is 11.8 Å². The summed E-state index contributed by atoms with van der Waals surface area (Å²) in [4.78, 5) is 11.9. The van der Waals surface area contributed by atoms with Gasteiger partial charge in [0.25, 0.3) is 5.91 Å². The van der Waals surface area contributed by atoms with Gasteiger partial charge in [0.05, 0.1) is 16.3 Å². The zero-order valence-corrected chi connectivity index (χ0v) is 11.4. The van der Waals surface area contributed by atoms with Crippen LogP contribution in [0.5, 0.6) is 5.75 Å². The predicted octanol–water partition coefficient (Wildman–Crippen LogP) is 1.16. The highest BCUT2D eigenvalue weighted by atomic mass is 32.2. The molecule has 0 fully saturated rings. The van der Waals surface area contributed by atoms with Gasteiger partial charge < -0.3 is 10.4 Å². The third-order valence-electron chi connectivity index (χ3n) is 2.70. The number of aromatic nitrogens is 2. The Morgan fingerprint density at radius 2 is 2.15 bits per heavy atom. The predicted molar refractivity (Wildman–Crippen MR) is 72.4 cm³/mol. The fourth-order valence-corrected chi connectivity index (χ4v) is 2.45. The molecule has 0 spiro atoms. The summed E-state index contributed by atoms with van der Waals surface area (Å²) in [5, 5.41) is 18.2. The third kappa shape index (κ3) is 2.80. The van der Waals surface area contributed by atoms with Gasteiger partial charge in [-0.15, -0.1) is 0 Å². The Bertz CT molecular complexity index is 723. The summed E-state index contributed by atoms with van der Waals surface area (Å²) in [5.41, 5.74) is 0.229. The number of rotatable bonds is 4. The maximum Gasteiger partial charge on any atom is 0.273 e. The van der Waals surface area contributed by atoms with Crippen molar-refractivity contribution in [3.8, 4) is 5.75 Å². The SMILES string of the molecule is CCS(=O)(=O)c1ccc(O)c(NC(=O)c2ccn[nH]2)c1. The number of H-pyrrole nitrogens is 1. The number of phenols is 1. The van der Waals surface area contributed by atoms with Crippen molar-refractivity contribution in [3.63, 3.8) is 0 Å². The number of anilines is 1. The highest BCUT2D eigenvalue weighted by molar-refractivity contribution is 7.91. The zero-order valence-electron chi connectivity index (χ0n) is 10.6. The van der Waals surface area contributed by atoms with Gasteiger partial charge in [-0.1, -0.05) is 6.92 Å². The molecule has 8 heteroatoms. The molecule has 1 aromatic heterocycles. The number of aromatic amines is 1. The maximum absolute atomic E-state index is 11.8. The first-order chi connectivity index (χ1) is 9.44. The first kappa shape index (κ1) is 14.1. The number of hydrogen-bond acceptors (Lipinski definition) is 5. The Morgan fingerprint density at radius 1 is 1.40 bits per heavy atom. The van der Waals surface area contributed by atoms with E-state index in [1.165, 1.54) is 37.4 Å². The molecule has 1 aromatic carbocycles. The van der Waals surface area contributed by atoms with Crippen LogP contribution < -0.4 is 5.32 Å².